The number of rotatable bonds is 4. The van der Waals surface area contributed by atoms with Crippen LogP contribution in [0.5, 0.6) is 0 Å². The third-order valence-electron chi connectivity index (χ3n) is 3.14. The second kappa shape index (κ2) is 6.51. The quantitative estimate of drug-likeness (QED) is 0.887. The first-order chi connectivity index (χ1) is 10.6. The van der Waals surface area contributed by atoms with E-state index in [0.29, 0.717) is 11.6 Å². The summed E-state index contributed by atoms with van der Waals surface area (Å²) in [4.78, 5) is -0.485. The van der Waals surface area contributed by atoms with Crippen LogP contribution in [0.4, 0.5) is 13.2 Å². The monoisotopic (exact) mass is 363 g/mol. The number of hydrogen-bond donors (Lipinski definition) is 1. The maximum Gasteiger partial charge on any atom is 0.417 e. The zero-order valence-corrected chi connectivity index (χ0v) is 13.6. The van der Waals surface area contributed by atoms with Crippen molar-refractivity contribution in [2.24, 2.45) is 0 Å². The number of alkyl halides is 3. The summed E-state index contributed by atoms with van der Waals surface area (Å²) in [5, 5.41) is -0.546. The van der Waals surface area contributed by atoms with Crippen molar-refractivity contribution in [1.82, 2.24) is 4.72 Å². The van der Waals surface area contributed by atoms with Gasteiger partial charge in [0.05, 0.1) is 15.5 Å². The molecule has 0 aliphatic heterocycles. The van der Waals surface area contributed by atoms with E-state index in [1.165, 1.54) is 0 Å². The number of hydrogen-bond acceptors (Lipinski definition) is 2. The Morgan fingerprint density at radius 3 is 2.26 bits per heavy atom. The van der Waals surface area contributed by atoms with E-state index in [4.69, 9.17) is 11.6 Å². The van der Waals surface area contributed by atoms with E-state index in [1.807, 2.05) is 19.1 Å². The average molecular weight is 364 g/mol. The van der Waals surface area contributed by atoms with Crippen molar-refractivity contribution in [3.63, 3.8) is 0 Å². The second-order valence-corrected chi connectivity index (χ2v) is 7.12. The molecular weight excluding hydrogens is 351 g/mol. The van der Waals surface area contributed by atoms with Crippen molar-refractivity contribution in [2.45, 2.75) is 24.5 Å². The topological polar surface area (TPSA) is 46.2 Å². The molecule has 2 aromatic carbocycles. The van der Waals surface area contributed by atoms with E-state index in [9.17, 15) is 21.6 Å². The van der Waals surface area contributed by atoms with Crippen molar-refractivity contribution in [1.29, 1.82) is 0 Å². The van der Waals surface area contributed by atoms with Gasteiger partial charge < -0.3 is 0 Å². The fourth-order valence-electron chi connectivity index (χ4n) is 1.86. The first kappa shape index (κ1) is 17.8. The number of halogens is 4. The van der Waals surface area contributed by atoms with Crippen molar-refractivity contribution in [3.05, 3.63) is 64.2 Å². The number of benzene rings is 2. The van der Waals surface area contributed by atoms with E-state index < -0.39 is 31.7 Å². The van der Waals surface area contributed by atoms with Crippen LogP contribution in [0.25, 0.3) is 0 Å². The largest absolute Gasteiger partial charge is 0.417 e. The maximum absolute atomic E-state index is 12.8. The Morgan fingerprint density at radius 1 is 1.09 bits per heavy atom. The molecule has 0 aliphatic carbocycles. The lowest BCUT2D eigenvalue weighted by Gasteiger charge is -2.12. The van der Waals surface area contributed by atoms with Crippen molar-refractivity contribution >= 4 is 21.6 Å². The van der Waals surface area contributed by atoms with Gasteiger partial charge in [0.15, 0.2) is 0 Å². The van der Waals surface area contributed by atoms with Gasteiger partial charge in [-0.2, -0.15) is 13.2 Å². The third kappa shape index (κ3) is 4.46. The molecule has 3 nitrogen and oxygen atoms in total. The molecule has 0 unspecified atom stereocenters. The van der Waals surface area contributed by atoms with Gasteiger partial charge in [-0.3, -0.25) is 0 Å². The molecular formula is C15H13ClF3NO2S. The normalized spacial score (nSPS) is 12.4. The average Bonchev–Trinajstić information content (AvgIpc) is 2.46. The lowest BCUT2D eigenvalue weighted by Crippen LogP contribution is -2.23. The number of nitrogens with one attached hydrogen (secondary N) is 1. The van der Waals surface area contributed by atoms with Gasteiger partial charge in [-0.25, -0.2) is 13.1 Å². The van der Waals surface area contributed by atoms with E-state index in [1.54, 1.807) is 12.1 Å². The molecule has 0 bridgehead atoms. The molecule has 2 rings (SSSR count). The predicted octanol–water partition coefficient (Wildman–Crippen LogP) is 4.15. The van der Waals surface area contributed by atoms with E-state index in [2.05, 4.69) is 4.72 Å². The summed E-state index contributed by atoms with van der Waals surface area (Å²) in [5.41, 5.74) is 0.533. The van der Waals surface area contributed by atoms with Crippen LogP contribution in [0.3, 0.4) is 0 Å². The highest BCUT2D eigenvalue weighted by Gasteiger charge is 2.34. The predicted molar refractivity (Wildman–Crippen MR) is 81.7 cm³/mol. The minimum Gasteiger partial charge on any atom is -0.207 e. The third-order valence-corrected chi connectivity index (χ3v) is 4.87. The fraction of sp³-hybridized carbons (Fsp3) is 0.200. The summed E-state index contributed by atoms with van der Waals surface area (Å²) >= 11 is 5.48. The Balaban J connectivity index is 2.24. The fourth-order valence-corrected chi connectivity index (χ4v) is 3.12. The molecule has 1 N–H and O–H groups in total. The molecule has 0 spiro atoms. The van der Waals surface area contributed by atoms with Gasteiger partial charge in [-0.1, -0.05) is 41.4 Å². The van der Waals surface area contributed by atoms with Crippen LogP contribution < -0.4 is 4.72 Å². The van der Waals surface area contributed by atoms with Crippen molar-refractivity contribution < 1.29 is 21.6 Å². The molecule has 0 aliphatic rings. The Hall–Kier alpha value is -1.57. The Kier molecular flexibility index (Phi) is 5.03. The minimum absolute atomic E-state index is 0.0212. The Bertz CT molecular complexity index is 802. The van der Waals surface area contributed by atoms with Crippen LogP contribution in [0, 0.1) is 6.92 Å². The van der Waals surface area contributed by atoms with Gasteiger partial charge in [0.25, 0.3) is 0 Å². The highest BCUT2D eigenvalue weighted by Crippen LogP contribution is 2.35. The van der Waals surface area contributed by atoms with Crippen LogP contribution in [0.15, 0.2) is 47.4 Å². The number of sulfonamides is 1. The van der Waals surface area contributed by atoms with E-state index >= 15 is 0 Å². The van der Waals surface area contributed by atoms with Gasteiger partial charge in [-0.05, 0) is 30.7 Å². The van der Waals surface area contributed by atoms with Crippen molar-refractivity contribution in [2.75, 3.05) is 0 Å². The first-order valence-electron chi connectivity index (χ1n) is 6.51. The summed E-state index contributed by atoms with van der Waals surface area (Å²) < 4.78 is 65.0. The van der Waals surface area contributed by atoms with Crippen LogP contribution in [0.1, 0.15) is 16.7 Å². The molecule has 124 valence electrons. The van der Waals surface area contributed by atoms with Crippen LogP contribution in [0.2, 0.25) is 5.02 Å². The van der Waals surface area contributed by atoms with E-state index in [0.717, 1.165) is 17.7 Å². The van der Waals surface area contributed by atoms with Crippen LogP contribution in [-0.2, 0) is 22.7 Å². The van der Waals surface area contributed by atoms with Crippen molar-refractivity contribution in [3.8, 4) is 0 Å². The summed E-state index contributed by atoms with van der Waals surface area (Å²) in [5.74, 6) is 0. The van der Waals surface area contributed by atoms with Gasteiger partial charge >= 0.3 is 6.18 Å². The van der Waals surface area contributed by atoms with Gasteiger partial charge in [-0.15, -0.1) is 0 Å². The van der Waals surface area contributed by atoms with Gasteiger partial charge in [0, 0.05) is 6.54 Å². The molecule has 2 aromatic rings. The number of aryl methyl sites for hydroxylation is 1. The first-order valence-corrected chi connectivity index (χ1v) is 8.38. The lowest BCUT2D eigenvalue weighted by molar-refractivity contribution is -0.137. The molecule has 0 saturated carbocycles. The summed E-state index contributed by atoms with van der Waals surface area (Å²) in [6, 6.07) is 9.59. The van der Waals surface area contributed by atoms with Crippen LogP contribution >= 0.6 is 11.6 Å². The summed E-state index contributed by atoms with van der Waals surface area (Å²) in [6.07, 6.45) is -4.72. The molecule has 0 heterocycles. The smallest absolute Gasteiger partial charge is 0.207 e. The molecule has 8 heteroatoms. The highest BCUT2D eigenvalue weighted by molar-refractivity contribution is 7.89. The van der Waals surface area contributed by atoms with Gasteiger partial charge in [0.1, 0.15) is 0 Å². The molecule has 0 atom stereocenters. The highest BCUT2D eigenvalue weighted by atomic mass is 35.5. The molecule has 0 radical (unpaired) electrons. The Morgan fingerprint density at radius 2 is 1.70 bits per heavy atom. The van der Waals surface area contributed by atoms with Crippen LogP contribution in [-0.4, -0.2) is 8.42 Å². The molecule has 0 aromatic heterocycles. The molecule has 23 heavy (non-hydrogen) atoms. The van der Waals surface area contributed by atoms with E-state index in [-0.39, 0.29) is 6.54 Å². The SMILES string of the molecule is Cc1ccc(CNS(=O)(=O)c2ccc(Cl)c(C(F)(F)F)c2)cc1. The summed E-state index contributed by atoms with van der Waals surface area (Å²) in [7, 11) is -4.08. The second-order valence-electron chi connectivity index (χ2n) is 4.95. The zero-order chi connectivity index (χ0) is 17.3. The lowest BCUT2D eigenvalue weighted by atomic mass is 10.2. The Labute approximate surface area is 137 Å². The van der Waals surface area contributed by atoms with Gasteiger partial charge in [0.2, 0.25) is 10.0 Å². The zero-order valence-electron chi connectivity index (χ0n) is 12.0. The molecule has 0 fully saturated rings. The molecule has 0 saturated heterocycles. The molecule has 0 amide bonds. The summed E-state index contributed by atoms with van der Waals surface area (Å²) in [6.45, 7) is 1.87. The minimum atomic E-state index is -4.72. The standard InChI is InChI=1S/C15H13ClF3NO2S/c1-10-2-4-11(5-3-10)9-20-23(21,22)12-6-7-14(16)13(8-12)15(17,18)19/h2-8,20H,9H2,1H3. The maximum atomic E-state index is 12.8.